The summed E-state index contributed by atoms with van der Waals surface area (Å²) >= 11 is 3.50. The molecule has 0 aliphatic heterocycles. The fourth-order valence-electron chi connectivity index (χ4n) is 1.97. The maximum absolute atomic E-state index is 11.9. The van der Waals surface area contributed by atoms with Crippen LogP contribution in [0.15, 0.2) is 47.2 Å². The molecule has 3 rings (SSSR count). The number of halogens is 1. The Morgan fingerprint density at radius 2 is 2.10 bits per heavy atom. The summed E-state index contributed by atoms with van der Waals surface area (Å²) in [5.41, 5.74) is 5.52. The highest BCUT2D eigenvalue weighted by atomic mass is 79.9. The molecule has 21 heavy (non-hydrogen) atoms. The van der Waals surface area contributed by atoms with E-state index in [9.17, 15) is 4.79 Å². The molecule has 0 aliphatic rings. The van der Waals surface area contributed by atoms with E-state index in [2.05, 4.69) is 26.1 Å². The standard InChI is InChI=1S/C14H11BrN4O2/c15-13-10-4-2-1-3-9(10)5-6-11(13)21-7-12(20)19-8-17-18-14(19)16/h1-6,8H,7H2,(H2,16,18). The van der Waals surface area contributed by atoms with Gasteiger partial charge in [0.2, 0.25) is 5.95 Å². The highest BCUT2D eigenvalue weighted by molar-refractivity contribution is 9.10. The van der Waals surface area contributed by atoms with Gasteiger partial charge in [0.1, 0.15) is 12.1 Å². The molecule has 0 saturated carbocycles. The predicted molar refractivity (Wildman–Crippen MR) is 82.2 cm³/mol. The molecule has 0 aliphatic carbocycles. The normalized spacial score (nSPS) is 10.7. The zero-order chi connectivity index (χ0) is 14.8. The van der Waals surface area contributed by atoms with E-state index in [4.69, 9.17) is 10.5 Å². The third-order valence-electron chi connectivity index (χ3n) is 3.02. The number of carbonyl (C=O) groups is 1. The molecular weight excluding hydrogens is 336 g/mol. The van der Waals surface area contributed by atoms with Crippen LogP contribution in [0.25, 0.3) is 10.8 Å². The Labute approximate surface area is 128 Å². The SMILES string of the molecule is Nc1nncn1C(=O)COc1ccc2ccccc2c1Br. The Hall–Kier alpha value is -2.41. The lowest BCUT2D eigenvalue weighted by molar-refractivity contribution is 0.0839. The molecule has 0 radical (unpaired) electrons. The number of nitrogens with zero attached hydrogens (tertiary/aromatic N) is 3. The van der Waals surface area contributed by atoms with Gasteiger partial charge in [0, 0.05) is 0 Å². The van der Waals surface area contributed by atoms with Crippen molar-refractivity contribution in [3.05, 3.63) is 47.2 Å². The Balaban J connectivity index is 1.81. The quantitative estimate of drug-likeness (QED) is 0.787. The Morgan fingerprint density at radius 1 is 1.29 bits per heavy atom. The van der Waals surface area contributed by atoms with Crippen LogP contribution in [0, 0.1) is 0 Å². The highest BCUT2D eigenvalue weighted by Crippen LogP contribution is 2.32. The van der Waals surface area contributed by atoms with Crippen molar-refractivity contribution in [2.45, 2.75) is 0 Å². The number of carbonyl (C=O) groups excluding carboxylic acids is 1. The first-order valence-corrected chi connectivity index (χ1v) is 6.95. The van der Waals surface area contributed by atoms with Crippen LogP contribution in [0.3, 0.4) is 0 Å². The number of fused-ring (bicyclic) bond motifs is 1. The Morgan fingerprint density at radius 3 is 2.86 bits per heavy atom. The first kappa shape index (κ1) is 13.6. The van der Waals surface area contributed by atoms with Gasteiger partial charge in [0.05, 0.1) is 4.47 Å². The number of hydrogen-bond acceptors (Lipinski definition) is 5. The molecule has 2 N–H and O–H groups in total. The lowest BCUT2D eigenvalue weighted by Gasteiger charge is -2.10. The van der Waals surface area contributed by atoms with Crippen LogP contribution in [0.2, 0.25) is 0 Å². The van der Waals surface area contributed by atoms with E-state index in [1.54, 1.807) is 0 Å². The summed E-state index contributed by atoms with van der Waals surface area (Å²) in [6.45, 7) is -0.154. The molecule has 0 saturated heterocycles. The van der Waals surface area contributed by atoms with E-state index in [-0.39, 0.29) is 18.5 Å². The molecule has 0 unspecified atom stereocenters. The number of anilines is 1. The third-order valence-corrected chi connectivity index (χ3v) is 3.84. The molecule has 2 aromatic carbocycles. The van der Waals surface area contributed by atoms with Gasteiger partial charge in [-0.1, -0.05) is 30.3 Å². The third kappa shape index (κ3) is 2.59. The largest absolute Gasteiger partial charge is 0.483 e. The van der Waals surface area contributed by atoms with Crippen LogP contribution in [-0.4, -0.2) is 27.3 Å². The summed E-state index contributed by atoms with van der Waals surface area (Å²) in [5, 5.41) is 9.22. The second-order valence-corrected chi connectivity index (χ2v) is 5.13. The molecule has 7 heteroatoms. The van der Waals surface area contributed by atoms with Crippen molar-refractivity contribution >= 4 is 38.6 Å². The van der Waals surface area contributed by atoms with Gasteiger partial charge in [0.15, 0.2) is 6.61 Å². The van der Waals surface area contributed by atoms with Crippen molar-refractivity contribution < 1.29 is 9.53 Å². The van der Waals surface area contributed by atoms with E-state index in [0.29, 0.717) is 5.75 Å². The van der Waals surface area contributed by atoms with Crippen LogP contribution in [0.4, 0.5) is 5.95 Å². The number of benzene rings is 2. The smallest absolute Gasteiger partial charge is 0.272 e. The molecule has 6 nitrogen and oxygen atoms in total. The van der Waals surface area contributed by atoms with Crippen molar-refractivity contribution in [1.29, 1.82) is 0 Å². The van der Waals surface area contributed by atoms with Crippen molar-refractivity contribution in [3.63, 3.8) is 0 Å². The fourth-order valence-corrected chi connectivity index (χ4v) is 2.58. The highest BCUT2D eigenvalue weighted by Gasteiger charge is 2.12. The zero-order valence-corrected chi connectivity index (χ0v) is 12.4. The van der Waals surface area contributed by atoms with E-state index in [0.717, 1.165) is 19.8 Å². The van der Waals surface area contributed by atoms with Gasteiger partial charge in [-0.05, 0) is 32.8 Å². The molecule has 1 heterocycles. The minimum absolute atomic E-state index is 0.0428. The molecule has 0 amide bonds. The average Bonchev–Trinajstić information content (AvgIpc) is 2.93. The van der Waals surface area contributed by atoms with Crippen LogP contribution >= 0.6 is 15.9 Å². The van der Waals surface area contributed by atoms with Crippen molar-refractivity contribution in [2.75, 3.05) is 12.3 Å². The van der Waals surface area contributed by atoms with Gasteiger partial charge < -0.3 is 10.5 Å². The summed E-state index contributed by atoms with van der Waals surface area (Å²) in [6.07, 6.45) is 1.26. The molecule has 0 bridgehead atoms. The maximum atomic E-state index is 11.9. The van der Waals surface area contributed by atoms with Crippen LogP contribution in [-0.2, 0) is 0 Å². The molecule has 0 spiro atoms. The van der Waals surface area contributed by atoms with Crippen molar-refractivity contribution in [1.82, 2.24) is 14.8 Å². The molecule has 0 atom stereocenters. The first-order chi connectivity index (χ1) is 10.2. The fraction of sp³-hybridized carbons (Fsp3) is 0.0714. The van der Waals surface area contributed by atoms with Crippen LogP contribution in [0.5, 0.6) is 5.75 Å². The van der Waals surface area contributed by atoms with Crippen LogP contribution in [0.1, 0.15) is 4.79 Å². The summed E-state index contributed by atoms with van der Waals surface area (Å²) in [4.78, 5) is 11.9. The second-order valence-electron chi connectivity index (χ2n) is 4.34. The van der Waals surface area contributed by atoms with Gasteiger partial charge in [-0.25, -0.2) is 4.57 Å². The summed E-state index contributed by atoms with van der Waals surface area (Å²) < 4.78 is 7.52. The van der Waals surface area contributed by atoms with E-state index < -0.39 is 0 Å². The molecular formula is C14H11BrN4O2. The number of aromatic nitrogens is 3. The monoisotopic (exact) mass is 346 g/mol. The lowest BCUT2D eigenvalue weighted by atomic mass is 10.1. The van der Waals surface area contributed by atoms with E-state index in [1.807, 2.05) is 36.4 Å². The topological polar surface area (TPSA) is 83.0 Å². The Bertz CT molecular complexity index is 816. The Kier molecular flexibility index (Phi) is 3.57. The molecule has 1 aromatic heterocycles. The minimum Gasteiger partial charge on any atom is -0.483 e. The molecule has 106 valence electrons. The number of rotatable bonds is 3. The van der Waals surface area contributed by atoms with E-state index >= 15 is 0 Å². The zero-order valence-electron chi connectivity index (χ0n) is 10.9. The lowest BCUT2D eigenvalue weighted by Crippen LogP contribution is -2.20. The number of nitrogen functional groups attached to an aromatic ring is 1. The van der Waals surface area contributed by atoms with Crippen LogP contribution < -0.4 is 10.5 Å². The van der Waals surface area contributed by atoms with E-state index in [1.165, 1.54) is 6.33 Å². The number of nitrogens with two attached hydrogens (primary N) is 1. The molecule has 3 aromatic rings. The predicted octanol–water partition coefficient (Wildman–Crippen LogP) is 2.50. The number of ether oxygens (including phenoxy) is 1. The average molecular weight is 347 g/mol. The van der Waals surface area contributed by atoms with Crippen molar-refractivity contribution in [2.24, 2.45) is 0 Å². The van der Waals surface area contributed by atoms with Gasteiger partial charge >= 0.3 is 0 Å². The molecule has 0 fully saturated rings. The number of hydrogen-bond donors (Lipinski definition) is 1. The summed E-state index contributed by atoms with van der Waals surface area (Å²) in [6, 6.07) is 11.6. The van der Waals surface area contributed by atoms with Crippen molar-refractivity contribution in [3.8, 4) is 5.75 Å². The van der Waals surface area contributed by atoms with Gasteiger partial charge in [0.25, 0.3) is 5.91 Å². The van der Waals surface area contributed by atoms with Gasteiger partial charge in [-0.2, -0.15) is 0 Å². The van der Waals surface area contributed by atoms with Gasteiger partial charge in [-0.3, -0.25) is 4.79 Å². The second kappa shape index (κ2) is 5.53. The summed E-state index contributed by atoms with van der Waals surface area (Å²) in [7, 11) is 0. The first-order valence-electron chi connectivity index (χ1n) is 6.15. The maximum Gasteiger partial charge on any atom is 0.272 e. The van der Waals surface area contributed by atoms with Gasteiger partial charge in [-0.15, -0.1) is 10.2 Å². The summed E-state index contributed by atoms with van der Waals surface area (Å²) in [5.74, 6) is 0.299. The minimum atomic E-state index is -0.336.